The summed E-state index contributed by atoms with van der Waals surface area (Å²) in [6.45, 7) is 4.36. The van der Waals surface area contributed by atoms with E-state index in [9.17, 15) is 4.39 Å². The molecule has 0 unspecified atom stereocenters. The van der Waals surface area contributed by atoms with Crippen LogP contribution in [0.2, 0.25) is 0 Å². The van der Waals surface area contributed by atoms with E-state index < -0.39 is 0 Å². The van der Waals surface area contributed by atoms with Crippen LogP contribution in [-0.4, -0.2) is 41.3 Å². The zero-order chi connectivity index (χ0) is 14.5. The van der Waals surface area contributed by atoms with Crippen LogP contribution in [-0.2, 0) is 0 Å². The van der Waals surface area contributed by atoms with Gasteiger partial charge in [-0.2, -0.15) is 5.10 Å². The smallest absolute Gasteiger partial charge is 0.123 e. The van der Waals surface area contributed by atoms with E-state index in [2.05, 4.69) is 20.4 Å². The van der Waals surface area contributed by atoms with Gasteiger partial charge in [-0.15, -0.1) is 0 Å². The molecule has 112 valence electrons. The van der Waals surface area contributed by atoms with Crippen LogP contribution in [0.15, 0.2) is 30.5 Å². The van der Waals surface area contributed by atoms with Gasteiger partial charge in [-0.25, -0.2) is 4.39 Å². The molecule has 0 saturated carbocycles. The average Bonchev–Trinajstić information content (AvgIpc) is 2.98. The van der Waals surface area contributed by atoms with Crippen LogP contribution >= 0.6 is 0 Å². The second-order valence-corrected chi connectivity index (χ2v) is 5.49. The molecule has 0 amide bonds. The van der Waals surface area contributed by atoms with E-state index in [4.69, 9.17) is 0 Å². The van der Waals surface area contributed by atoms with Crippen molar-refractivity contribution in [1.82, 2.24) is 15.1 Å². The van der Waals surface area contributed by atoms with Crippen molar-refractivity contribution in [3.63, 3.8) is 0 Å². The molecule has 1 aliphatic heterocycles. The number of piperidine rings is 1. The molecule has 0 radical (unpaired) electrons. The van der Waals surface area contributed by atoms with Gasteiger partial charge in [0.2, 0.25) is 0 Å². The first-order chi connectivity index (χ1) is 10.3. The Bertz CT molecular complexity index is 558. The lowest BCUT2D eigenvalue weighted by Crippen LogP contribution is -2.33. The quantitative estimate of drug-likeness (QED) is 0.888. The molecule has 0 bridgehead atoms. The number of hydrogen-bond acceptors (Lipinski definition) is 3. The predicted octanol–water partition coefficient (Wildman–Crippen LogP) is 3.11. The van der Waals surface area contributed by atoms with Crippen LogP contribution in [0, 0.1) is 5.82 Å². The van der Waals surface area contributed by atoms with Crippen molar-refractivity contribution in [1.29, 1.82) is 0 Å². The third kappa shape index (κ3) is 3.61. The van der Waals surface area contributed by atoms with Crippen LogP contribution in [0.1, 0.15) is 19.3 Å². The second kappa shape index (κ2) is 6.72. The number of rotatable bonds is 5. The molecule has 2 N–H and O–H groups in total. The van der Waals surface area contributed by atoms with E-state index in [1.165, 1.54) is 44.5 Å². The molecular formula is C16H21FN4. The minimum Gasteiger partial charge on any atom is -0.381 e. The van der Waals surface area contributed by atoms with Crippen molar-refractivity contribution >= 4 is 5.69 Å². The van der Waals surface area contributed by atoms with Crippen molar-refractivity contribution in [2.75, 3.05) is 31.5 Å². The van der Waals surface area contributed by atoms with Gasteiger partial charge in [0.05, 0.1) is 17.6 Å². The number of nitrogens with one attached hydrogen (secondary N) is 2. The first kappa shape index (κ1) is 14.1. The Labute approximate surface area is 124 Å². The van der Waals surface area contributed by atoms with Gasteiger partial charge in [0.1, 0.15) is 5.82 Å². The number of hydrogen-bond donors (Lipinski definition) is 2. The molecule has 0 spiro atoms. The monoisotopic (exact) mass is 288 g/mol. The van der Waals surface area contributed by atoms with Crippen LogP contribution in [0.3, 0.4) is 0 Å². The summed E-state index contributed by atoms with van der Waals surface area (Å²) >= 11 is 0. The summed E-state index contributed by atoms with van der Waals surface area (Å²) in [5, 5.41) is 10.5. The fraction of sp³-hybridized carbons (Fsp3) is 0.438. The van der Waals surface area contributed by atoms with Crippen molar-refractivity contribution in [2.45, 2.75) is 19.3 Å². The Kier molecular flexibility index (Phi) is 4.50. The standard InChI is InChI=1S/C16H21FN4/c17-14-6-4-13(5-7-14)16-15(12-19-20-16)18-8-11-21-9-2-1-3-10-21/h4-7,12,18H,1-3,8-11H2,(H,19,20). The van der Waals surface area contributed by atoms with Gasteiger partial charge in [0, 0.05) is 18.7 Å². The summed E-state index contributed by atoms with van der Waals surface area (Å²) < 4.78 is 13.0. The number of benzene rings is 1. The molecule has 2 aromatic rings. The summed E-state index contributed by atoms with van der Waals surface area (Å²) in [7, 11) is 0. The predicted molar refractivity (Wildman–Crippen MR) is 82.8 cm³/mol. The number of anilines is 1. The zero-order valence-corrected chi connectivity index (χ0v) is 12.1. The SMILES string of the molecule is Fc1ccc(-c2[nH]ncc2NCCN2CCCCC2)cc1. The summed E-state index contributed by atoms with van der Waals surface area (Å²) in [6.07, 6.45) is 5.77. The number of nitrogens with zero attached hydrogens (tertiary/aromatic N) is 2. The molecule has 2 heterocycles. The number of H-pyrrole nitrogens is 1. The Morgan fingerprint density at radius 2 is 1.90 bits per heavy atom. The maximum Gasteiger partial charge on any atom is 0.123 e. The Morgan fingerprint density at radius 3 is 2.67 bits per heavy atom. The average molecular weight is 288 g/mol. The third-order valence-corrected chi connectivity index (χ3v) is 3.96. The first-order valence-electron chi connectivity index (χ1n) is 7.58. The molecule has 4 nitrogen and oxygen atoms in total. The lowest BCUT2D eigenvalue weighted by atomic mass is 10.1. The van der Waals surface area contributed by atoms with Crippen molar-refractivity contribution in [2.24, 2.45) is 0 Å². The summed E-state index contributed by atoms with van der Waals surface area (Å²) in [5.74, 6) is -0.224. The van der Waals surface area contributed by atoms with Crippen molar-refractivity contribution in [3.05, 3.63) is 36.3 Å². The van der Waals surface area contributed by atoms with Gasteiger partial charge in [0.15, 0.2) is 0 Å². The van der Waals surface area contributed by atoms with Gasteiger partial charge < -0.3 is 10.2 Å². The number of halogens is 1. The number of aromatic nitrogens is 2. The molecule has 1 aliphatic rings. The Hall–Kier alpha value is -1.88. The molecule has 5 heteroatoms. The minimum absolute atomic E-state index is 0.224. The maximum atomic E-state index is 13.0. The molecule has 0 aliphatic carbocycles. The number of aromatic amines is 1. The molecule has 1 saturated heterocycles. The van der Waals surface area contributed by atoms with Gasteiger partial charge in [-0.05, 0) is 50.2 Å². The zero-order valence-electron chi connectivity index (χ0n) is 12.1. The highest BCUT2D eigenvalue weighted by Gasteiger charge is 2.11. The Balaban J connectivity index is 1.59. The van der Waals surface area contributed by atoms with Crippen molar-refractivity contribution in [3.8, 4) is 11.3 Å². The van der Waals surface area contributed by atoms with E-state index in [1.54, 1.807) is 18.3 Å². The Morgan fingerprint density at radius 1 is 1.14 bits per heavy atom. The van der Waals surface area contributed by atoms with E-state index in [0.29, 0.717) is 0 Å². The summed E-state index contributed by atoms with van der Waals surface area (Å²) in [6, 6.07) is 6.46. The fourth-order valence-corrected chi connectivity index (χ4v) is 2.79. The topological polar surface area (TPSA) is 44.0 Å². The van der Waals surface area contributed by atoms with E-state index in [-0.39, 0.29) is 5.82 Å². The summed E-state index contributed by atoms with van der Waals surface area (Å²) in [4.78, 5) is 2.49. The normalized spacial score (nSPS) is 16.0. The van der Waals surface area contributed by atoms with Gasteiger partial charge in [-0.3, -0.25) is 5.10 Å². The van der Waals surface area contributed by atoms with Crippen LogP contribution in [0.4, 0.5) is 10.1 Å². The minimum atomic E-state index is -0.224. The van der Waals surface area contributed by atoms with Gasteiger partial charge >= 0.3 is 0 Å². The van der Waals surface area contributed by atoms with E-state index in [0.717, 1.165) is 30.0 Å². The lowest BCUT2D eigenvalue weighted by Gasteiger charge is -2.26. The highest BCUT2D eigenvalue weighted by Crippen LogP contribution is 2.25. The molecule has 3 rings (SSSR count). The molecule has 1 aromatic heterocycles. The van der Waals surface area contributed by atoms with E-state index in [1.807, 2.05) is 0 Å². The largest absolute Gasteiger partial charge is 0.381 e. The van der Waals surface area contributed by atoms with E-state index >= 15 is 0 Å². The molecular weight excluding hydrogens is 267 g/mol. The van der Waals surface area contributed by atoms with Crippen LogP contribution in [0.25, 0.3) is 11.3 Å². The highest BCUT2D eigenvalue weighted by atomic mass is 19.1. The molecule has 21 heavy (non-hydrogen) atoms. The lowest BCUT2D eigenvalue weighted by molar-refractivity contribution is 0.237. The van der Waals surface area contributed by atoms with Gasteiger partial charge in [0.25, 0.3) is 0 Å². The fourth-order valence-electron chi connectivity index (χ4n) is 2.79. The molecule has 1 fully saturated rings. The highest BCUT2D eigenvalue weighted by molar-refractivity contribution is 5.73. The van der Waals surface area contributed by atoms with Crippen molar-refractivity contribution < 1.29 is 4.39 Å². The first-order valence-corrected chi connectivity index (χ1v) is 7.58. The number of likely N-dealkylation sites (tertiary alicyclic amines) is 1. The maximum absolute atomic E-state index is 13.0. The molecule has 0 atom stereocenters. The molecule has 1 aromatic carbocycles. The van der Waals surface area contributed by atoms with Crippen LogP contribution in [0.5, 0.6) is 0 Å². The van der Waals surface area contributed by atoms with Gasteiger partial charge in [-0.1, -0.05) is 6.42 Å². The second-order valence-electron chi connectivity index (χ2n) is 5.49. The van der Waals surface area contributed by atoms with Crippen LogP contribution < -0.4 is 5.32 Å². The third-order valence-electron chi connectivity index (χ3n) is 3.96. The summed E-state index contributed by atoms with van der Waals surface area (Å²) in [5.41, 5.74) is 2.82.